The summed E-state index contributed by atoms with van der Waals surface area (Å²) in [7, 11) is 0. The highest BCUT2D eigenvalue weighted by Gasteiger charge is 2.21. The van der Waals surface area contributed by atoms with Crippen molar-refractivity contribution in [1.82, 2.24) is 29.8 Å². The van der Waals surface area contributed by atoms with Gasteiger partial charge in [-0.15, -0.1) is 0 Å². The molecule has 0 saturated carbocycles. The molecule has 9 nitrogen and oxygen atoms in total. The third-order valence-corrected chi connectivity index (χ3v) is 5.28. The van der Waals surface area contributed by atoms with E-state index in [9.17, 15) is 9.18 Å². The Bertz CT molecular complexity index is 1120. The second-order valence-corrected chi connectivity index (χ2v) is 7.40. The smallest absolute Gasteiger partial charge is 0.254 e. The molecular weight excluding hydrogens is 399 g/mol. The predicted octanol–water partition coefficient (Wildman–Crippen LogP) is 1.38. The first kappa shape index (κ1) is 20.7. The normalized spacial score (nSPS) is 15.4. The minimum absolute atomic E-state index is 0.140. The lowest BCUT2D eigenvalue weighted by Gasteiger charge is -2.36. The number of aromatic amines is 2. The average Bonchev–Trinajstić information content (AvgIpc) is 3.29. The zero-order chi connectivity index (χ0) is 21.8. The molecule has 1 saturated heterocycles. The van der Waals surface area contributed by atoms with E-state index in [2.05, 4.69) is 29.8 Å². The Morgan fingerprint density at radius 3 is 2.71 bits per heavy atom. The number of nitrogens with one attached hydrogen (secondary N) is 2. The molecule has 3 aromatic heterocycles. The maximum absolute atomic E-state index is 14.6. The number of hydrogen-bond acceptors (Lipinski definition) is 7. The summed E-state index contributed by atoms with van der Waals surface area (Å²) in [5, 5.41) is 0. The van der Waals surface area contributed by atoms with Crippen LogP contribution in [0.15, 0.2) is 41.2 Å². The summed E-state index contributed by atoms with van der Waals surface area (Å²) in [4.78, 5) is 34.1. The van der Waals surface area contributed by atoms with E-state index in [1.807, 2.05) is 11.8 Å². The first-order valence-corrected chi connectivity index (χ1v) is 10.2. The van der Waals surface area contributed by atoms with Gasteiger partial charge in [0.15, 0.2) is 5.82 Å². The number of halogens is 1. The van der Waals surface area contributed by atoms with Crippen LogP contribution in [0, 0.1) is 5.95 Å². The van der Waals surface area contributed by atoms with E-state index in [1.165, 1.54) is 0 Å². The fourth-order valence-corrected chi connectivity index (χ4v) is 3.59. The van der Waals surface area contributed by atoms with E-state index in [1.54, 1.807) is 36.8 Å². The number of piperazine rings is 1. The van der Waals surface area contributed by atoms with Crippen LogP contribution in [-0.4, -0.2) is 62.5 Å². The van der Waals surface area contributed by atoms with Gasteiger partial charge in [0, 0.05) is 68.7 Å². The molecular formula is C21H25FN8O. The van der Waals surface area contributed by atoms with Crippen LogP contribution in [-0.2, 0) is 6.42 Å². The van der Waals surface area contributed by atoms with Gasteiger partial charge in [-0.25, -0.2) is 15.0 Å². The van der Waals surface area contributed by atoms with Crippen molar-refractivity contribution in [3.63, 3.8) is 0 Å². The summed E-state index contributed by atoms with van der Waals surface area (Å²) < 4.78 is 14.6. The molecule has 10 heteroatoms. The summed E-state index contributed by atoms with van der Waals surface area (Å²) in [6, 6.07) is 3.51. The van der Waals surface area contributed by atoms with Gasteiger partial charge < -0.3 is 20.6 Å². The summed E-state index contributed by atoms with van der Waals surface area (Å²) in [5.41, 5.74) is 8.22. The highest BCUT2D eigenvalue weighted by molar-refractivity contribution is 5.55. The molecule has 1 aliphatic heterocycles. The molecule has 162 valence electrons. The third kappa shape index (κ3) is 4.80. The lowest BCUT2D eigenvalue weighted by molar-refractivity contribution is 0.277. The van der Waals surface area contributed by atoms with Crippen molar-refractivity contribution in [3.8, 4) is 11.5 Å². The average molecular weight is 424 g/mol. The number of aromatic nitrogens is 5. The van der Waals surface area contributed by atoms with Gasteiger partial charge in [0.1, 0.15) is 11.5 Å². The molecule has 31 heavy (non-hydrogen) atoms. The summed E-state index contributed by atoms with van der Waals surface area (Å²) in [6.07, 6.45) is 7.18. The van der Waals surface area contributed by atoms with Gasteiger partial charge >= 0.3 is 0 Å². The number of rotatable bonds is 6. The molecule has 1 aliphatic rings. The van der Waals surface area contributed by atoms with Crippen LogP contribution >= 0.6 is 0 Å². The fourth-order valence-electron chi connectivity index (χ4n) is 3.59. The Hall–Kier alpha value is -3.53. The van der Waals surface area contributed by atoms with E-state index >= 15 is 0 Å². The second kappa shape index (κ2) is 9.09. The van der Waals surface area contributed by atoms with Crippen LogP contribution in [0.1, 0.15) is 18.3 Å². The van der Waals surface area contributed by atoms with Crippen molar-refractivity contribution in [2.45, 2.75) is 13.3 Å². The monoisotopic (exact) mass is 424 g/mol. The third-order valence-electron chi connectivity index (χ3n) is 5.28. The lowest BCUT2D eigenvalue weighted by atomic mass is 10.2. The number of nitrogens with zero attached hydrogens (tertiary/aromatic N) is 5. The van der Waals surface area contributed by atoms with Gasteiger partial charge in [0.05, 0.1) is 5.69 Å². The topological polar surface area (TPSA) is 120 Å². The molecule has 0 aromatic carbocycles. The number of H-pyrrole nitrogens is 2. The standard InChI is InChI=1S/C21H25FN8O/c1-2-14-12-26-18(28-21(14)31)11-15(23)13-29-7-9-30(10-8-29)17-4-3-16(27-19(17)22)20-24-5-6-25-20/h3-6,11-12H,2,7-10,13,23H2,1H3,(H,24,25)(H,26,28,31)/b15-11-. The van der Waals surface area contributed by atoms with E-state index in [0.29, 0.717) is 60.3 Å². The number of imidazole rings is 1. The van der Waals surface area contributed by atoms with Gasteiger partial charge in [-0.05, 0) is 18.6 Å². The minimum Gasteiger partial charge on any atom is -0.401 e. The maximum atomic E-state index is 14.6. The first-order chi connectivity index (χ1) is 15.0. The molecule has 0 radical (unpaired) electrons. The van der Waals surface area contributed by atoms with Gasteiger partial charge in [0.25, 0.3) is 5.56 Å². The Balaban J connectivity index is 1.35. The van der Waals surface area contributed by atoms with Gasteiger partial charge in [-0.3, -0.25) is 9.69 Å². The van der Waals surface area contributed by atoms with E-state index in [-0.39, 0.29) is 5.56 Å². The summed E-state index contributed by atoms with van der Waals surface area (Å²) in [6.45, 7) is 5.23. The summed E-state index contributed by atoms with van der Waals surface area (Å²) >= 11 is 0. The molecule has 4 heterocycles. The molecule has 0 spiro atoms. The highest BCUT2D eigenvalue weighted by Crippen LogP contribution is 2.23. The predicted molar refractivity (Wildman–Crippen MR) is 117 cm³/mol. The molecule has 0 aliphatic carbocycles. The number of hydrogen-bond donors (Lipinski definition) is 3. The lowest BCUT2D eigenvalue weighted by Crippen LogP contribution is -2.47. The zero-order valence-corrected chi connectivity index (χ0v) is 17.3. The second-order valence-electron chi connectivity index (χ2n) is 7.40. The van der Waals surface area contributed by atoms with Crippen molar-refractivity contribution >= 4 is 11.8 Å². The molecule has 4 rings (SSSR count). The number of aryl methyl sites for hydroxylation is 1. The van der Waals surface area contributed by atoms with Gasteiger partial charge in [-0.1, -0.05) is 6.92 Å². The number of pyridine rings is 1. The Kier molecular flexibility index (Phi) is 6.08. The molecule has 1 fully saturated rings. The molecule has 3 aromatic rings. The Labute approximate surface area is 178 Å². The first-order valence-electron chi connectivity index (χ1n) is 10.2. The van der Waals surface area contributed by atoms with Gasteiger partial charge in [0.2, 0.25) is 5.95 Å². The molecule has 0 unspecified atom stereocenters. The minimum atomic E-state index is -0.507. The quantitative estimate of drug-likeness (QED) is 0.511. The van der Waals surface area contributed by atoms with Crippen LogP contribution in [0.25, 0.3) is 17.6 Å². The van der Waals surface area contributed by atoms with Crippen molar-refractivity contribution in [3.05, 3.63) is 64.1 Å². The Morgan fingerprint density at radius 1 is 1.26 bits per heavy atom. The van der Waals surface area contributed by atoms with Crippen molar-refractivity contribution in [2.75, 3.05) is 37.6 Å². The molecule has 0 amide bonds. The van der Waals surface area contributed by atoms with Crippen molar-refractivity contribution in [1.29, 1.82) is 0 Å². The number of nitrogens with two attached hydrogens (primary N) is 1. The summed E-state index contributed by atoms with van der Waals surface area (Å²) in [5.74, 6) is 0.480. The van der Waals surface area contributed by atoms with Crippen LogP contribution in [0.3, 0.4) is 0 Å². The van der Waals surface area contributed by atoms with Crippen LogP contribution in [0.5, 0.6) is 0 Å². The van der Waals surface area contributed by atoms with Gasteiger partial charge in [-0.2, -0.15) is 4.39 Å². The number of anilines is 1. The molecule has 0 atom stereocenters. The SMILES string of the molecule is CCc1cnc(/C=C(\N)CN2CCN(c3ccc(-c4ncc[nH]4)nc3F)CC2)[nH]c1=O. The molecule has 4 N–H and O–H groups in total. The maximum Gasteiger partial charge on any atom is 0.254 e. The van der Waals surface area contributed by atoms with E-state index < -0.39 is 5.95 Å². The van der Waals surface area contributed by atoms with E-state index in [4.69, 9.17) is 5.73 Å². The molecule has 0 bridgehead atoms. The fraction of sp³-hybridized carbons (Fsp3) is 0.333. The Morgan fingerprint density at radius 2 is 2.06 bits per heavy atom. The van der Waals surface area contributed by atoms with E-state index in [0.717, 1.165) is 13.1 Å². The van der Waals surface area contributed by atoms with Crippen molar-refractivity contribution < 1.29 is 4.39 Å². The zero-order valence-electron chi connectivity index (χ0n) is 17.3. The van der Waals surface area contributed by atoms with Crippen LogP contribution in [0.4, 0.5) is 10.1 Å². The van der Waals surface area contributed by atoms with Crippen LogP contribution < -0.4 is 16.2 Å². The highest BCUT2D eigenvalue weighted by atomic mass is 19.1. The van der Waals surface area contributed by atoms with Crippen molar-refractivity contribution in [2.24, 2.45) is 5.73 Å². The largest absolute Gasteiger partial charge is 0.401 e. The van der Waals surface area contributed by atoms with Crippen LogP contribution in [0.2, 0.25) is 0 Å².